The Hall–Kier alpha value is -4.45. The van der Waals surface area contributed by atoms with E-state index in [0.29, 0.717) is 19.3 Å². The molecule has 1 unspecified atom stereocenters. The van der Waals surface area contributed by atoms with E-state index in [9.17, 15) is 14.4 Å². The van der Waals surface area contributed by atoms with Crippen molar-refractivity contribution in [3.63, 3.8) is 0 Å². The van der Waals surface area contributed by atoms with E-state index >= 15 is 0 Å². The number of esters is 3. The first-order valence-corrected chi connectivity index (χ1v) is 29.7. The Kier molecular flexibility index (Phi) is 56.4. The van der Waals surface area contributed by atoms with Crippen LogP contribution in [-0.2, 0) is 28.6 Å². The average Bonchev–Trinajstić information content (AvgIpc) is 3.39. The first kappa shape index (κ1) is 68.6. The normalized spacial score (nSPS) is 13.1. The number of hydrogen-bond donors (Lipinski definition) is 0. The van der Waals surface area contributed by atoms with Crippen LogP contribution >= 0.6 is 0 Å². The van der Waals surface area contributed by atoms with Crippen LogP contribution in [0.1, 0.15) is 252 Å². The molecule has 1 atom stereocenters. The number of carbonyl (C=O) groups excluding carboxylic acids is 3. The minimum Gasteiger partial charge on any atom is -0.462 e. The number of rotatable bonds is 52. The molecule has 0 spiro atoms. The van der Waals surface area contributed by atoms with E-state index in [0.717, 1.165) is 154 Å². The van der Waals surface area contributed by atoms with Gasteiger partial charge in [-0.15, -0.1) is 0 Å². The van der Waals surface area contributed by atoms with E-state index in [1.165, 1.54) is 57.8 Å². The van der Waals surface area contributed by atoms with Crippen LogP contribution in [0.25, 0.3) is 0 Å². The van der Waals surface area contributed by atoms with Gasteiger partial charge in [-0.1, -0.05) is 251 Å². The highest BCUT2D eigenvalue weighted by Crippen LogP contribution is 2.15. The average molecular weight is 1010 g/mol. The lowest BCUT2D eigenvalue weighted by atomic mass is 10.0. The topological polar surface area (TPSA) is 78.9 Å². The first-order valence-electron chi connectivity index (χ1n) is 29.7. The fourth-order valence-electron chi connectivity index (χ4n) is 7.77. The van der Waals surface area contributed by atoms with Crippen molar-refractivity contribution in [1.29, 1.82) is 0 Å². The molecule has 0 aliphatic rings. The highest BCUT2D eigenvalue weighted by atomic mass is 16.6. The van der Waals surface area contributed by atoms with Crippen LogP contribution < -0.4 is 0 Å². The zero-order chi connectivity index (χ0) is 52.9. The molecule has 0 rings (SSSR count). The lowest BCUT2D eigenvalue weighted by Gasteiger charge is -2.18. The molecule has 412 valence electrons. The van der Waals surface area contributed by atoms with E-state index in [4.69, 9.17) is 14.2 Å². The standard InChI is InChI=1S/C67H108O6/c1-4-7-10-13-15-17-19-21-23-25-26-27-28-29-30-31-32-33-34-35-36-37-38-39-40-42-43-45-47-49-51-54-57-60-66(69)72-63-64(62-71-65(68)59-56-53-12-9-6-3)73-67(70)61-58-55-52-50-48-46-44-41-24-22-20-18-16-14-11-8-5-2/h7-8,10-11,15-18,21-24,26-27,29-30,32-33,35-36,44,46,64H,4-6,9,12-14,19-20,25,28,31,34,37-43,45,47-63H2,1-3H3/b10-7-,11-8-,17-15-,18-16-,23-21-,24-22-,27-26-,30-29-,33-32-,36-35-,46-44-. The number of ether oxygens (including phenoxy) is 3. The van der Waals surface area contributed by atoms with Crippen molar-refractivity contribution < 1.29 is 28.6 Å². The van der Waals surface area contributed by atoms with Gasteiger partial charge in [-0.2, -0.15) is 0 Å². The van der Waals surface area contributed by atoms with Gasteiger partial charge in [0.15, 0.2) is 6.10 Å². The Balaban J connectivity index is 4.08. The zero-order valence-corrected chi connectivity index (χ0v) is 47.1. The molecule has 6 nitrogen and oxygen atoms in total. The summed E-state index contributed by atoms with van der Waals surface area (Å²) >= 11 is 0. The second-order valence-corrected chi connectivity index (χ2v) is 19.1. The summed E-state index contributed by atoms with van der Waals surface area (Å²) in [6.45, 7) is 6.29. The van der Waals surface area contributed by atoms with Gasteiger partial charge in [-0.05, 0) is 116 Å². The summed E-state index contributed by atoms with van der Waals surface area (Å²) in [7, 11) is 0. The summed E-state index contributed by atoms with van der Waals surface area (Å²) in [4.78, 5) is 37.8. The molecule has 0 aromatic heterocycles. The highest BCUT2D eigenvalue weighted by Gasteiger charge is 2.19. The van der Waals surface area contributed by atoms with E-state index in [1.807, 2.05) is 0 Å². The molecule has 0 fully saturated rings. The molecule has 0 saturated heterocycles. The zero-order valence-electron chi connectivity index (χ0n) is 47.1. The van der Waals surface area contributed by atoms with E-state index < -0.39 is 6.10 Å². The summed E-state index contributed by atoms with van der Waals surface area (Å²) in [6, 6.07) is 0. The predicted octanol–water partition coefficient (Wildman–Crippen LogP) is 20.2. The summed E-state index contributed by atoms with van der Waals surface area (Å²) in [5.74, 6) is -0.937. The predicted molar refractivity (Wildman–Crippen MR) is 316 cm³/mol. The van der Waals surface area contributed by atoms with Crippen molar-refractivity contribution in [3.05, 3.63) is 134 Å². The highest BCUT2D eigenvalue weighted by molar-refractivity contribution is 5.71. The van der Waals surface area contributed by atoms with Gasteiger partial charge in [-0.25, -0.2) is 0 Å². The smallest absolute Gasteiger partial charge is 0.306 e. The Morgan fingerprint density at radius 3 is 0.836 bits per heavy atom. The molecule has 0 radical (unpaired) electrons. The number of hydrogen-bond acceptors (Lipinski definition) is 6. The molecule has 73 heavy (non-hydrogen) atoms. The maximum absolute atomic E-state index is 12.8. The molecule has 0 bridgehead atoms. The molecule has 0 aromatic carbocycles. The van der Waals surface area contributed by atoms with Crippen molar-refractivity contribution in [2.75, 3.05) is 13.2 Å². The second-order valence-electron chi connectivity index (χ2n) is 19.1. The van der Waals surface area contributed by atoms with Crippen LogP contribution in [0.4, 0.5) is 0 Å². The van der Waals surface area contributed by atoms with Crippen molar-refractivity contribution in [2.45, 2.75) is 258 Å². The third-order valence-corrected chi connectivity index (χ3v) is 12.2. The lowest BCUT2D eigenvalue weighted by molar-refractivity contribution is -0.167. The number of allylic oxidation sites excluding steroid dienone is 22. The van der Waals surface area contributed by atoms with Crippen LogP contribution in [-0.4, -0.2) is 37.2 Å². The Labute approximate surface area is 449 Å². The van der Waals surface area contributed by atoms with Crippen molar-refractivity contribution >= 4 is 17.9 Å². The molecule has 0 N–H and O–H groups in total. The van der Waals surface area contributed by atoms with Crippen molar-refractivity contribution in [2.24, 2.45) is 0 Å². The molecular formula is C67H108O6. The Morgan fingerprint density at radius 1 is 0.288 bits per heavy atom. The van der Waals surface area contributed by atoms with Gasteiger partial charge in [0.2, 0.25) is 0 Å². The third kappa shape index (κ3) is 58.3. The van der Waals surface area contributed by atoms with Gasteiger partial charge in [-0.3, -0.25) is 14.4 Å². The van der Waals surface area contributed by atoms with E-state index in [-0.39, 0.29) is 31.1 Å². The molecule has 0 heterocycles. The van der Waals surface area contributed by atoms with Crippen LogP contribution in [0, 0.1) is 0 Å². The van der Waals surface area contributed by atoms with Gasteiger partial charge in [0.1, 0.15) is 13.2 Å². The largest absolute Gasteiger partial charge is 0.462 e. The van der Waals surface area contributed by atoms with E-state index in [1.54, 1.807) is 0 Å². The molecule has 6 heteroatoms. The van der Waals surface area contributed by atoms with Crippen LogP contribution in [0.3, 0.4) is 0 Å². The second kappa shape index (κ2) is 60.1. The monoisotopic (exact) mass is 1010 g/mol. The van der Waals surface area contributed by atoms with Crippen molar-refractivity contribution in [3.8, 4) is 0 Å². The fraction of sp³-hybridized carbons (Fsp3) is 0.627. The van der Waals surface area contributed by atoms with Gasteiger partial charge in [0.25, 0.3) is 0 Å². The number of unbranched alkanes of at least 4 members (excludes halogenated alkanes) is 19. The van der Waals surface area contributed by atoms with Gasteiger partial charge in [0, 0.05) is 19.3 Å². The third-order valence-electron chi connectivity index (χ3n) is 12.2. The Morgan fingerprint density at radius 2 is 0.534 bits per heavy atom. The minimum atomic E-state index is -0.792. The van der Waals surface area contributed by atoms with Crippen LogP contribution in [0.5, 0.6) is 0 Å². The summed E-state index contributed by atoms with van der Waals surface area (Å²) in [6.07, 6.45) is 85.0. The number of carbonyl (C=O) groups is 3. The molecule has 0 amide bonds. The van der Waals surface area contributed by atoms with Crippen LogP contribution in [0.15, 0.2) is 134 Å². The van der Waals surface area contributed by atoms with Crippen LogP contribution in [0.2, 0.25) is 0 Å². The molecule has 0 saturated carbocycles. The van der Waals surface area contributed by atoms with Gasteiger partial charge >= 0.3 is 17.9 Å². The van der Waals surface area contributed by atoms with Gasteiger partial charge in [0.05, 0.1) is 0 Å². The van der Waals surface area contributed by atoms with Crippen molar-refractivity contribution in [1.82, 2.24) is 0 Å². The summed E-state index contributed by atoms with van der Waals surface area (Å²) in [5.41, 5.74) is 0. The van der Waals surface area contributed by atoms with E-state index in [2.05, 4.69) is 154 Å². The fourth-order valence-corrected chi connectivity index (χ4v) is 7.77. The Bertz CT molecular complexity index is 1580. The quantitative estimate of drug-likeness (QED) is 0.0261. The molecular weight excluding hydrogens is 901 g/mol. The SMILES string of the molecule is CC/C=C\C/C=C\C/C=C\C/C=C\C/C=C\C/C=C\C/C=C\CCCCCCCCCCCCCC(=O)OCC(COC(=O)CCCCCCC)OC(=O)CCCCCC/C=C\C/C=C\C/C=C\C/C=C\CC. The maximum Gasteiger partial charge on any atom is 0.306 e. The van der Waals surface area contributed by atoms with Gasteiger partial charge < -0.3 is 14.2 Å². The summed E-state index contributed by atoms with van der Waals surface area (Å²) in [5, 5.41) is 0. The summed E-state index contributed by atoms with van der Waals surface area (Å²) < 4.78 is 16.7. The lowest BCUT2D eigenvalue weighted by Crippen LogP contribution is -2.30. The molecule has 0 aromatic rings. The molecule has 0 aliphatic carbocycles. The first-order chi connectivity index (χ1) is 36.0. The minimum absolute atomic E-state index is 0.0919. The molecule has 0 aliphatic heterocycles. The maximum atomic E-state index is 12.8.